The van der Waals surface area contributed by atoms with Crippen molar-refractivity contribution >= 4 is 5.91 Å². The van der Waals surface area contributed by atoms with Crippen LogP contribution in [-0.4, -0.2) is 33.4 Å². The predicted molar refractivity (Wildman–Crippen MR) is 56.5 cm³/mol. The molecule has 4 unspecified atom stereocenters. The van der Waals surface area contributed by atoms with Gasteiger partial charge in [-0.2, -0.15) is 0 Å². The van der Waals surface area contributed by atoms with Gasteiger partial charge in [0, 0.05) is 12.6 Å². The molecule has 6 nitrogen and oxygen atoms in total. The summed E-state index contributed by atoms with van der Waals surface area (Å²) in [6.07, 6.45) is 2.17. The zero-order valence-corrected chi connectivity index (χ0v) is 8.63. The van der Waals surface area contributed by atoms with Crippen LogP contribution >= 0.6 is 0 Å². The molecule has 1 fully saturated rings. The second kappa shape index (κ2) is 2.85. The Bertz CT molecular complexity index is 453. The molecule has 0 bridgehead atoms. The second-order valence-electron chi connectivity index (χ2n) is 4.59. The van der Waals surface area contributed by atoms with Crippen molar-refractivity contribution in [1.82, 2.24) is 9.88 Å². The molecular formula is C10H14N4O2. The fourth-order valence-electron chi connectivity index (χ4n) is 2.71. The first-order valence-corrected chi connectivity index (χ1v) is 5.25. The second-order valence-corrected chi connectivity index (χ2v) is 4.59. The van der Waals surface area contributed by atoms with E-state index in [0.717, 1.165) is 0 Å². The minimum atomic E-state index is -1.42. The van der Waals surface area contributed by atoms with E-state index < -0.39 is 11.8 Å². The van der Waals surface area contributed by atoms with Gasteiger partial charge in [-0.1, -0.05) is 0 Å². The summed E-state index contributed by atoms with van der Waals surface area (Å²) in [6.45, 7) is 0. The normalized spacial score (nSPS) is 41.4. The molecule has 0 spiro atoms. The highest BCUT2D eigenvalue weighted by molar-refractivity contribution is 5.94. The minimum Gasteiger partial charge on any atom is -0.374 e. The van der Waals surface area contributed by atoms with Crippen molar-refractivity contribution in [3.63, 3.8) is 0 Å². The van der Waals surface area contributed by atoms with E-state index in [4.69, 9.17) is 11.5 Å². The molecule has 4 atom stereocenters. The molecule has 1 aliphatic carbocycles. The number of hydrogen-bond acceptors (Lipinski definition) is 4. The Kier molecular flexibility index (Phi) is 1.75. The molecule has 1 aliphatic heterocycles. The van der Waals surface area contributed by atoms with E-state index in [1.54, 1.807) is 12.1 Å². The Labute approximate surface area is 92.2 Å². The van der Waals surface area contributed by atoms with Gasteiger partial charge in [-0.05, 0) is 12.1 Å². The number of aromatic nitrogens is 1. The topological polar surface area (TPSA) is 106 Å². The van der Waals surface area contributed by atoms with Crippen molar-refractivity contribution in [1.29, 1.82) is 0 Å². The molecule has 2 heterocycles. The van der Waals surface area contributed by atoms with Crippen molar-refractivity contribution in [2.24, 2.45) is 11.5 Å². The number of carbonyl (C=O) groups excluding carboxylic acids is 1. The van der Waals surface area contributed by atoms with Crippen molar-refractivity contribution in [3.8, 4) is 0 Å². The van der Waals surface area contributed by atoms with Crippen LogP contribution in [0.1, 0.15) is 23.0 Å². The van der Waals surface area contributed by atoms with Crippen LogP contribution in [0.5, 0.6) is 0 Å². The highest BCUT2D eigenvalue weighted by Gasteiger charge is 2.52. The van der Waals surface area contributed by atoms with Crippen molar-refractivity contribution in [3.05, 3.63) is 24.0 Å². The summed E-state index contributed by atoms with van der Waals surface area (Å²) >= 11 is 0. The zero-order chi connectivity index (χ0) is 11.5. The van der Waals surface area contributed by atoms with Crippen LogP contribution in [0.25, 0.3) is 0 Å². The third-order valence-electron chi connectivity index (χ3n) is 3.58. The number of hydrogen-bond donors (Lipinski definition) is 4. The average Bonchev–Trinajstić information content (AvgIpc) is 2.76. The van der Waals surface area contributed by atoms with E-state index in [1.807, 2.05) is 10.8 Å². The standard InChI is InChI=1S/C10H14N4O2/c11-8-7-6(4-10(8,12)16)14-3-1-2-5(14)9(15)13-7/h1-3,6-8,16H,4,11-12H2,(H,13,15). The van der Waals surface area contributed by atoms with Gasteiger partial charge in [-0.3, -0.25) is 4.79 Å². The Morgan fingerprint density at radius 1 is 1.62 bits per heavy atom. The summed E-state index contributed by atoms with van der Waals surface area (Å²) in [5, 5.41) is 12.7. The van der Waals surface area contributed by atoms with E-state index in [9.17, 15) is 9.90 Å². The van der Waals surface area contributed by atoms with Crippen LogP contribution in [-0.2, 0) is 0 Å². The van der Waals surface area contributed by atoms with Crippen LogP contribution in [0.15, 0.2) is 18.3 Å². The lowest BCUT2D eigenvalue weighted by Gasteiger charge is -2.31. The highest BCUT2D eigenvalue weighted by atomic mass is 16.3. The van der Waals surface area contributed by atoms with Crippen LogP contribution in [0.4, 0.5) is 0 Å². The molecule has 86 valence electrons. The van der Waals surface area contributed by atoms with Gasteiger partial charge in [0.05, 0.1) is 18.1 Å². The van der Waals surface area contributed by atoms with Gasteiger partial charge < -0.3 is 26.5 Å². The first-order chi connectivity index (χ1) is 7.50. The smallest absolute Gasteiger partial charge is 0.268 e. The van der Waals surface area contributed by atoms with Crippen molar-refractivity contribution in [2.75, 3.05) is 0 Å². The molecule has 3 rings (SSSR count). The number of nitrogens with two attached hydrogens (primary N) is 2. The van der Waals surface area contributed by atoms with Crippen molar-refractivity contribution < 1.29 is 9.90 Å². The maximum absolute atomic E-state index is 11.7. The number of nitrogens with one attached hydrogen (secondary N) is 1. The van der Waals surface area contributed by atoms with Gasteiger partial charge in [0.1, 0.15) is 11.4 Å². The summed E-state index contributed by atoms with van der Waals surface area (Å²) in [6, 6.07) is 2.54. The number of aliphatic hydroxyl groups is 1. The summed E-state index contributed by atoms with van der Waals surface area (Å²) in [7, 11) is 0. The van der Waals surface area contributed by atoms with Gasteiger partial charge in [-0.15, -0.1) is 0 Å². The molecule has 1 aromatic rings. The molecule has 1 amide bonds. The van der Waals surface area contributed by atoms with E-state index in [-0.39, 0.29) is 18.0 Å². The molecular weight excluding hydrogens is 208 g/mol. The maximum atomic E-state index is 11.7. The molecule has 0 aromatic carbocycles. The number of carbonyl (C=O) groups is 1. The molecule has 6 heteroatoms. The molecule has 0 saturated heterocycles. The van der Waals surface area contributed by atoms with E-state index in [2.05, 4.69) is 5.32 Å². The predicted octanol–water partition coefficient (Wildman–Crippen LogP) is -1.48. The van der Waals surface area contributed by atoms with Crippen LogP contribution < -0.4 is 16.8 Å². The van der Waals surface area contributed by atoms with E-state index >= 15 is 0 Å². The number of fused-ring (bicyclic) bond motifs is 3. The Morgan fingerprint density at radius 3 is 3.12 bits per heavy atom. The van der Waals surface area contributed by atoms with Crippen molar-refractivity contribution in [2.45, 2.75) is 30.3 Å². The summed E-state index contributed by atoms with van der Waals surface area (Å²) in [5.41, 5.74) is 10.7. The quantitative estimate of drug-likeness (QED) is 0.402. The highest BCUT2D eigenvalue weighted by Crippen LogP contribution is 2.37. The summed E-state index contributed by atoms with van der Waals surface area (Å²) in [4.78, 5) is 11.7. The fourth-order valence-corrected chi connectivity index (χ4v) is 2.71. The third kappa shape index (κ3) is 1.09. The van der Waals surface area contributed by atoms with Crippen LogP contribution in [0, 0.1) is 0 Å². The number of nitrogens with zero attached hydrogens (tertiary/aromatic N) is 1. The summed E-state index contributed by atoms with van der Waals surface area (Å²) < 4.78 is 1.84. The van der Waals surface area contributed by atoms with E-state index in [1.165, 1.54) is 0 Å². The van der Waals surface area contributed by atoms with Crippen LogP contribution in [0.2, 0.25) is 0 Å². The van der Waals surface area contributed by atoms with Crippen LogP contribution in [0.3, 0.4) is 0 Å². The molecule has 6 N–H and O–H groups in total. The largest absolute Gasteiger partial charge is 0.374 e. The van der Waals surface area contributed by atoms with Gasteiger partial charge >= 0.3 is 0 Å². The molecule has 16 heavy (non-hydrogen) atoms. The Hall–Kier alpha value is -1.37. The van der Waals surface area contributed by atoms with Gasteiger partial charge in [0.25, 0.3) is 5.91 Å². The number of amides is 1. The lowest BCUT2D eigenvalue weighted by atomic mass is 10.1. The Morgan fingerprint density at radius 2 is 2.38 bits per heavy atom. The maximum Gasteiger partial charge on any atom is 0.268 e. The molecule has 1 saturated carbocycles. The number of rotatable bonds is 0. The third-order valence-corrected chi connectivity index (χ3v) is 3.58. The fraction of sp³-hybridized carbons (Fsp3) is 0.500. The first-order valence-electron chi connectivity index (χ1n) is 5.25. The SMILES string of the molecule is NC1C2NC(=O)c3cccn3C2CC1(N)O. The zero-order valence-electron chi connectivity index (χ0n) is 8.63. The first kappa shape index (κ1) is 9.83. The lowest BCUT2D eigenvalue weighted by Crippen LogP contribution is -2.60. The molecule has 0 radical (unpaired) electrons. The monoisotopic (exact) mass is 222 g/mol. The van der Waals surface area contributed by atoms with Gasteiger partial charge in [-0.25, -0.2) is 0 Å². The molecule has 2 aliphatic rings. The lowest BCUT2D eigenvalue weighted by molar-refractivity contribution is 0.0338. The molecule has 1 aromatic heterocycles. The Balaban J connectivity index is 2.08. The van der Waals surface area contributed by atoms with E-state index in [0.29, 0.717) is 12.1 Å². The average molecular weight is 222 g/mol. The summed E-state index contributed by atoms with van der Waals surface area (Å²) in [5.74, 6) is -0.167. The van der Waals surface area contributed by atoms with Gasteiger partial charge in [0.15, 0.2) is 0 Å². The van der Waals surface area contributed by atoms with Gasteiger partial charge in [0.2, 0.25) is 0 Å². The minimum absolute atomic E-state index is 0.0623.